The van der Waals surface area contributed by atoms with Crippen molar-refractivity contribution in [2.75, 3.05) is 0 Å². The van der Waals surface area contributed by atoms with Gasteiger partial charge >= 0.3 is 0 Å². The first kappa shape index (κ1) is 29.2. The number of nitrogens with zero attached hydrogens (tertiary/aromatic N) is 4. The first-order valence-corrected chi connectivity index (χ1v) is 18.9. The molecule has 4 nitrogen and oxygen atoms in total. The van der Waals surface area contributed by atoms with Crippen LogP contribution in [0.15, 0.2) is 164 Å². The van der Waals surface area contributed by atoms with Gasteiger partial charge in [0.1, 0.15) is 5.69 Å². The van der Waals surface area contributed by atoms with Gasteiger partial charge in [0.2, 0.25) is 0 Å². The summed E-state index contributed by atoms with van der Waals surface area (Å²) in [7, 11) is 0. The highest BCUT2D eigenvalue weighted by Gasteiger charge is 2.28. The molecule has 0 N–H and O–H groups in total. The van der Waals surface area contributed by atoms with Gasteiger partial charge in [0.05, 0.1) is 38.6 Å². The molecule has 0 fully saturated rings. The fourth-order valence-electron chi connectivity index (χ4n) is 9.83. The molecular formula is C51H30N4. The van der Waals surface area contributed by atoms with Crippen molar-refractivity contribution in [2.45, 2.75) is 6.92 Å². The van der Waals surface area contributed by atoms with Crippen LogP contribution in [0.5, 0.6) is 0 Å². The van der Waals surface area contributed by atoms with Crippen molar-refractivity contribution in [2.24, 2.45) is 0 Å². The van der Waals surface area contributed by atoms with E-state index in [9.17, 15) is 0 Å². The van der Waals surface area contributed by atoms with Crippen molar-refractivity contribution < 1.29 is 0 Å². The largest absolute Gasteiger partial charge is 0.307 e. The number of fused-ring (bicyclic) bond motifs is 19. The van der Waals surface area contributed by atoms with Gasteiger partial charge in [0, 0.05) is 59.4 Å². The second kappa shape index (κ2) is 10.4. The Bertz CT molecular complexity index is 3780. The molecule has 0 spiro atoms. The van der Waals surface area contributed by atoms with Crippen LogP contribution in [0.4, 0.5) is 0 Å². The Kier molecular flexibility index (Phi) is 5.54. The lowest BCUT2D eigenvalue weighted by molar-refractivity contribution is 1.09. The maximum Gasteiger partial charge on any atom is 0.165 e. The molecule has 4 heterocycles. The van der Waals surface area contributed by atoms with Gasteiger partial charge < -0.3 is 4.40 Å². The van der Waals surface area contributed by atoms with Crippen LogP contribution in [0.2, 0.25) is 0 Å². The first-order chi connectivity index (χ1) is 27.2. The van der Waals surface area contributed by atoms with E-state index in [1.165, 1.54) is 76.0 Å². The molecule has 0 unspecified atom stereocenters. The van der Waals surface area contributed by atoms with Crippen molar-refractivity contribution in [3.63, 3.8) is 0 Å². The number of aryl methyl sites for hydroxylation is 1. The smallest absolute Gasteiger partial charge is 0.165 e. The summed E-state index contributed by atoms with van der Waals surface area (Å²) in [5.74, 6) is 0.827. The van der Waals surface area contributed by atoms with E-state index in [1.807, 2.05) is 0 Å². The SMILES string of the molecule is Cc1ccc2c(c1)c1c(c3cccc4c5ccccc5n1c43)c1c3ccccc3n(-c3nc4c5ccccc5c5ccccc5c4nc3-c3ccccc3)c21. The Morgan fingerprint density at radius 3 is 1.71 bits per heavy atom. The molecule has 0 radical (unpaired) electrons. The molecule has 0 aliphatic rings. The predicted molar refractivity (Wildman–Crippen MR) is 231 cm³/mol. The summed E-state index contributed by atoms with van der Waals surface area (Å²) in [6.45, 7) is 2.20. The summed E-state index contributed by atoms with van der Waals surface area (Å²) in [6, 6.07) is 59.4. The van der Waals surface area contributed by atoms with Gasteiger partial charge in [-0.3, -0.25) is 4.57 Å². The summed E-state index contributed by atoms with van der Waals surface area (Å²) >= 11 is 0. The lowest BCUT2D eigenvalue weighted by Crippen LogP contribution is -2.05. The van der Waals surface area contributed by atoms with Gasteiger partial charge in [-0.05, 0) is 35.9 Å². The van der Waals surface area contributed by atoms with E-state index in [1.54, 1.807) is 0 Å². The van der Waals surface area contributed by atoms with E-state index in [0.29, 0.717) is 0 Å². The Labute approximate surface area is 314 Å². The predicted octanol–water partition coefficient (Wildman–Crippen LogP) is 13.3. The van der Waals surface area contributed by atoms with Crippen molar-refractivity contribution in [1.82, 2.24) is 18.9 Å². The number of benzene rings is 9. The monoisotopic (exact) mass is 698 g/mol. The van der Waals surface area contributed by atoms with Crippen LogP contribution in [0, 0.1) is 6.92 Å². The Morgan fingerprint density at radius 1 is 0.382 bits per heavy atom. The van der Waals surface area contributed by atoms with Crippen molar-refractivity contribution in [1.29, 1.82) is 0 Å². The minimum Gasteiger partial charge on any atom is -0.307 e. The van der Waals surface area contributed by atoms with Gasteiger partial charge in [0.15, 0.2) is 5.82 Å². The standard InChI is InChI=1S/C51H30N4/c1-29-26-27-37-40(28-29)50-44(39-23-13-22-36-33-18-9-11-24-41(33)54(50)48(36)39)43-38-21-10-12-25-42(38)55(49(37)43)51-45(30-14-3-2-4-15-30)52-46-34-19-7-5-16-31(34)32-17-6-8-20-35(32)47(46)53-51/h2-28H,1H3. The van der Waals surface area contributed by atoms with Crippen molar-refractivity contribution in [3.05, 3.63) is 169 Å². The summed E-state index contributed by atoms with van der Waals surface area (Å²) in [6.07, 6.45) is 0. The zero-order chi connectivity index (χ0) is 35.9. The Morgan fingerprint density at radius 2 is 0.945 bits per heavy atom. The van der Waals surface area contributed by atoms with Crippen LogP contribution < -0.4 is 0 Å². The molecule has 0 saturated carbocycles. The van der Waals surface area contributed by atoms with E-state index in [0.717, 1.165) is 49.9 Å². The van der Waals surface area contributed by atoms with E-state index >= 15 is 0 Å². The van der Waals surface area contributed by atoms with Gasteiger partial charge in [-0.25, -0.2) is 9.97 Å². The number of rotatable bonds is 2. The van der Waals surface area contributed by atoms with Gasteiger partial charge in [0.25, 0.3) is 0 Å². The van der Waals surface area contributed by atoms with Crippen LogP contribution in [0.1, 0.15) is 5.56 Å². The third-order valence-electron chi connectivity index (χ3n) is 12.0. The molecule has 0 atom stereocenters. The third kappa shape index (κ3) is 3.66. The van der Waals surface area contributed by atoms with Gasteiger partial charge in [-0.1, -0.05) is 151 Å². The van der Waals surface area contributed by atoms with E-state index in [2.05, 4.69) is 180 Å². The Hall–Kier alpha value is -7.30. The minimum absolute atomic E-state index is 0.827. The third-order valence-corrected chi connectivity index (χ3v) is 12.0. The first-order valence-electron chi connectivity index (χ1n) is 18.9. The molecule has 13 aromatic rings. The summed E-state index contributed by atoms with van der Waals surface area (Å²) in [4.78, 5) is 11.5. The zero-order valence-electron chi connectivity index (χ0n) is 29.9. The highest BCUT2D eigenvalue weighted by Crippen LogP contribution is 2.49. The number of aromatic nitrogens is 4. The summed E-state index contributed by atoms with van der Waals surface area (Å²) in [5.41, 5.74) is 11.0. The molecule has 254 valence electrons. The molecule has 13 rings (SSSR count). The van der Waals surface area contributed by atoms with Gasteiger partial charge in [-0.2, -0.15) is 0 Å². The number of hydrogen-bond acceptors (Lipinski definition) is 2. The fraction of sp³-hybridized carbons (Fsp3) is 0.0196. The Balaban J connectivity index is 1.32. The van der Waals surface area contributed by atoms with Crippen molar-refractivity contribution >= 4 is 103 Å². The zero-order valence-corrected chi connectivity index (χ0v) is 29.9. The molecule has 0 saturated heterocycles. The van der Waals surface area contributed by atoms with Crippen molar-refractivity contribution in [3.8, 4) is 17.1 Å². The molecule has 9 aromatic carbocycles. The van der Waals surface area contributed by atoms with E-state index in [4.69, 9.17) is 9.97 Å². The highest BCUT2D eigenvalue weighted by atomic mass is 15.1. The molecule has 0 bridgehead atoms. The molecule has 4 aromatic heterocycles. The number of hydrogen-bond donors (Lipinski definition) is 0. The summed E-state index contributed by atoms with van der Waals surface area (Å²) < 4.78 is 4.96. The normalized spacial score (nSPS) is 12.5. The molecule has 55 heavy (non-hydrogen) atoms. The topological polar surface area (TPSA) is 35.1 Å². The second-order valence-electron chi connectivity index (χ2n) is 15.0. The van der Waals surface area contributed by atoms with Crippen LogP contribution in [-0.4, -0.2) is 18.9 Å². The second-order valence-corrected chi connectivity index (χ2v) is 15.0. The van der Waals surface area contributed by atoms with Crippen LogP contribution in [0.25, 0.3) is 120 Å². The molecule has 0 aliphatic heterocycles. The fourth-order valence-corrected chi connectivity index (χ4v) is 9.83. The molecule has 0 amide bonds. The maximum absolute atomic E-state index is 5.79. The maximum atomic E-state index is 5.79. The average Bonchev–Trinajstić information content (AvgIpc) is 3.89. The average molecular weight is 699 g/mol. The lowest BCUT2D eigenvalue weighted by Gasteiger charge is -2.17. The van der Waals surface area contributed by atoms with Crippen LogP contribution >= 0.6 is 0 Å². The van der Waals surface area contributed by atoms with Crippen LogP contribution in [-0.2, 0) is 0 Å². The lowest BCUT2D eigenvalue weighted by atomic mass is 9.97. The molecule has 4 heteroatoms. The minimum atomic E-state index is 0.827. The molecule has 0 aliphatic carbocycles. The quantitative estimate of drug-likeness (QED) is 0.168. The van der Waals surface area contributed by atoms with Crippen LogP contribution in [0.3, 0.4) is 0 Å². The summed E-state index contributed by atoms with van der Waals surface area (Å²) in [5, 5.41) is 14.6. The van der Waals surface area contributed by atoms with E-state index < -0.39 is 0 Å². The molecular weight excluding hydrogens is 669 g/mol. The highest BCUT2D eigenvalue weighted by molar-refractivity contribution is 6.40. The van der Waals surface area contributed by atoms with E-state index in [-0.39, 0.29) is 0 Å². The van der Waals surface area contributed by atoms with Gasteiger partial charge in [-0.15, -0.1) is 0 Å². The number of para-hydroxylation sites is 3.